The van der Waals surface area contributed by atoms with Gasteiger partial charge in [-0.2, -0.15) is 9.99 Å². The molecule has 0 fully saturated rings. The van der Waals surface area contributed by atoms with Crippen molar-refractivity contribution in [3.63, 3.8) is 0 Å². The molecule has 1 atom stereocenters. The second kappa shape index (κ2) is 7.51. The molecule has 7 nitrogen and oxygen atoms in total. The molecule has 1 unspecified atom stereocenters. The fraction of sp³-hybridized carbons (Fsp3) is 0.450. The number of nitrogens with two attached hydrogens (primary N) is 1. The topological polar surface area (TPSA) is 115 Å². The molecule has 27 heavy (non-hydrogen) atoms. The molecule has 3 rings (SSSR count). The van der Waals surface area contributed by atoms with Crippen LogP contribution in [0.15, 0.2) is 47.1 Å². The number of aromatic nitrogens is 1. The van der Waals surface area contributed by atoms with Gasteiger partial charge in [-0.05, 0) is 17.4 Å². The van der Waals surface area contributed by atoms with E-state index in [0.29, 0.717) is 47.6 Å². The number of hydrogen-bond acceptors (Lipinski definition) is 6. The van der Waals surface area contributed by atoms with Crippen LogP contribution in [0.25, 0.3) is 0 Å². The molecule has 0 amide bonds. The molecule has 1 aliphatic heterocycles. The number of nitrogens with zero attached hydrogens (tertiary/aromatic N) is 2. The number of nitriles is 1. The lowest BCUT2D eigenvalue weighted by Gasteiger charge is -2.39. The van der Waals surface area contributed by atoms with Gasteiger partial charge >= 0.3 is 0 Å². The molecule has 7 heteroatoms. The summed E-state index contributed by atoms with van der Waals surface area (Å²) in [4.78, 5) is 13.0. The van der Waals surface area contributed by atoms with Crippen LogP contribution in [0.2, 0.25) is 0 Å². The Morgan fingerprint density at radius 1 is 1.41 bits per heavy atom. The summed E-state index contributed by atoms with van der Waals surface area (Å²) in [7, 11) is 0. The van der Waals surface area contributed by atoms with Gasteiger partial charge in [0.25, 0.3) is 0 Å². The predicted octanol–water partition coefficient (Wildman–Crippen LogP) is 1.40. The summed E-state index contributed by atoms with van der Waals surface area (Å²) in [6, 6.07) is 5.58. The fourth-order valence-electron chi connectivity index (χ4n) is 3.80. The monoisotopic (exact) mass is 368 g/mol. The van der Waals surface area contributed by atoms with Gasteiger partial charge < -0.3 is 21.0 Å². The second-order valence-electron chi connectivity index (χ2n) is 7.73. The van der Waals surface area contributed by atoms with Gasteiger partial charge in [0, 0.05) is 36.4 Å². The van der Waals surface area contributed by atoms with Gasteiger partial charge in [0.2, 0.25) is 0 Å². The van der Waals surface area contributed by atoms with E-state index in [-0.39, 0.29) is 17.8 Å². The van der Waals surface area contributed by atoms with E-state index in [0.717, 1.165) is 11.3 Å². The number of dihydropyridines is 1. The van der Waals surface area contributed by atoms with Gasteiger partial charge in [-0.3, -0.25) is 4.79 Å². The zero-order valence-electron chi connectivity index (χ0n) is 15.6. The molecule has 1 aromatic rings. The minimum Gasteiger partial charge on any atom is -0.619 e. The smallest absolute Gasteiger partial charge is 0.180 e. The third-order valence-corrected chi connectivity index (χ3v) is 4.91. The first kappa shape index (κ1) is 19.1. The van der Waals surface area contributed by atoms with Crippen LogP contribution in [0.1, 0.15) is 38.2 Å². The third-order valence-electron chi connectivity index (χ3n) is 4.91. The first-order valence-electron chi connectivity index (χ1n) is 8.99. The lowest BCUT2D eigenvalue weighted by atomic mass is 9.69. The molecule has 1 aromatic heterocycles. The Morgan fingerprint density at radius 2 is 2.11 bits per heavy atom. The molecule has 0 saturated heterocycles. The summed E-state index contributed by atoms with van der Waals surface area (Å²) in [5.41, 5.74) is 8.64. The number of Topliss-reactive ketones (excluding diaryl/α,β-unsaturated/α-hetero) is 1. The van der Waals surface area contributed by atoms with Gasteiger partial charge in [0.1, 0.15) is 0 Å². The zero-order chi connectivity index (χ0) is 19.6. The van der Waals surface area contributed by atoms with Gasteiger partial charge in [-0.25, -0.2) is 0 Å². The van der Waals surface area contributed by atoms with Crippen LogP contribution in [0.4, 0.5) is 0 Å². The number of allylic oxidation sites excluding steroid dienone is 3. The molecular weight excluding hydrogens is 344 g/mol. The van der Waals surface area contributed by atoms with Crippen molar-refractivity contribution >= 4 is 5.78 Å². The van der Waals surface area contributed by atoms with E-state index in [4.69, 9.17) is 10.5 Å². The molecule has 2 heterocycles. The van der Waals surface area contributed by atoms with Crippen molar-refractivity contribution in [1.82, 2.24) is 5.32 Å². The molecule has 0 spiro atoms. The Kier molecular flexibility index (Phi) is 5.31. The van der Waals surface area contributed by atoms with Crippen LogP contribution >= 0.6 is 0 Å². The Morgan fingerprint density at radius 3 is 2.74 bits per heavy atom. The van der Waals surface area contributed by atoms with E-state index >= 15 is 0 Å². The second-order valence-corrected chi connectivity index (χ2v) is 7.73. The summed E-state index contributed by atoms with van der Waals surface area (Å²) >= 11 is 0. The highest BCUT2D eigenvalue weighted by molar-refractivity contribution is 6.00. The van der Waals surface area contributed by atoms with E-state index in [1.807, 2.05) is 0 Å². The van der Waals surface area contributed by atoms with Gasteiger partial charge in [-0.1, -0.05) is 13.8 Å². The molecule has 0 bridgehead atoms. The maximum absolute atomic E-state index is 13.0. The van der Waals surface area contributed by atoms with Crippen molar-refractivity contribution in [2.45, 2.75) is 32.6 Å². The lowest BCUT2D eigenvalue weighted by Crippen LogP contribution is -2.38. The number of ether oxygens (including phenoxy) is 1. The van der Waals surface area contributed by atoms with Crippen LogP contribution in [0, 0.1) is 22.0 Å². The highest BCUT2D eigenvalue weighted by atomic mass is 16.5. The van der Waals surface area contributed by atoms with Crippen molar-refractivity contribution in [3.8, 4) is 6.07 Å². The average Bonchev–Trinajstić information content (AvgIpc) is 2.60. The predicted molar refractivity (Wildman–Crippen MR) is 98.8 cm³/mol. The Labute approximate surface area is 158 Å². The first-order valence-corrected chi connectivity index (χ1v) is 8.99. The molecule has 1 aliphatic carbocycles. The van der Waals surface area contributed by atoms with Crippen LogP contribution in [0.3, 0.4) is 0 Å². The van der Waals surface area contributed by atoms with Gasteiger partial charge in [0.05, 0.1) is 36.5 Å². The highest BCUT2D eigenvalue weighted by Gasteiger charge is 2.41. The average molecular weight is 368 g/mol. The van der Waals surface area contributed by atoms with Gasteiger partial charge in [-0.15, -0.1) is 0 Å². The minimum atomic E-state index is -0.493. The van der Waals surface area contributed by atoms with Crippen LogP contribution in [-0.4, -0.2) is 25.5 Å². The first-order chi connectivity index (χ1) is 12.9. The van der Waals surface area contributed by atoms with Gasteiger partial charge in [0.15, 0.2) is 18.2 Å². The van der Waals surface area contributed by atoms with Crippen LogP contribution < -0.4 is 15.8 Å². The number of rotatable bonds is 5. The Hall–Kier alpha value is -2.69. The van der Waals surface area contributed by atoms with E-state index in [2.05, 4.69) is 25.2 Å². The maximum Gasteiger partial charge on any atom is 0.180 e. The minimum absolute atomic E-state index is 0.0345. The lowest BCUT2D eigenvalue weighted by molar-refractivity contribution is -0.605. The summed E-state index contributed by atoms with van der Waals surface area (Å²) in [6.45, 7) is 5.10. The number of nitrogens with one attached hydrogen (secondary N) is 1. The summed E-state index contributed by atoms with van der Waals surface area (Å²) < 4.78 is 6.25. The SMILES string of the molecule is CC1(C)CC(=O)C2=C(C1)NC(COCCN)=C(C#N)C2c1cc[n+]([O-])cc1. The number of carbonyl (C=O) groups is 1. The molecule has 0 radical (unpaired) electrons. The Balaban J connectivity index is 2.10. The van der Waals surface area contributed by atoms with Crippen molar-refractivity contribution in [3.05, 3.63) is 57.8 Å². The summed E-state index contributed by atoms with van der Waals surface area (Å²) in [5.74, 6) is -0.459. The Bertz CT molecular complexity index is 847. The summed E-state index contributed by atoms with van der Waals surface area (Å²) in [6.07, 6.45) is 3.90. The number of carbonyl (C=O) groups excluding carboxylic acids is 1. The highest BCUT2D eigenvalue weighted by Crippen LogP contribution is 2.46. The number of ketones is 1. The van der Waals surface area contributed by atoms with Crippen LogP contribution in [-0.2, 0) is 9.53 Å². The molecule has 142 valence electrons. The van der Waals surface area contributed by atoms with E-state index in [9.17, 15) is 15.3 Å². The van der Waals surface area contributed by atoms with Crippen molar-refractivity contribution in [2.75, 3.05) is 19.8 Å². The maximum atomic E-state index is 13.0. The molecule has 2 aliphatic rings. The van der Waals surface area contributed by atoms with Crippen molar-refractivity contribution < 1.29 is 14.3 Å². The third kappa shape index (κ3) is 3.87. The molecular formula is C20H24N4O3. The standard InChI is InChI=1S/C20H24N4O3/c1-20(2)9-15-19(17(25)10-20)18(13-3-6-24(26)7-4-13)14(11-22)16(23-15)12-27-8-5-21/h3-4,6-7,18,23H,5,8-10,12,21H2,1-2H3. The van der Waals surface area contributed by atoms with Crippen molar-refractivity contribution in [2.24, 2.45) is 11.1 Å². The zero-order valence-corrected chi connectivity index (χ0v) is 15.6. The number of pyridine rings is 1. The summed E-state index contributed by atoms with van der Waals surface area (Å²) in [5, 5.41) is 24.6. The van der Waals surface area contributed by atoms with E-state index in [1.54, 1.807) is 12.1 Å². The fourth-order valence-corrected chi connectivity index (χ4v) is 3.80. The normalized spacial score (nSPS) is 21.6. The van der Waals surface area contributed by atoms with Crippen molar-refractivity contribution in [1.29, 1.82) is 5.26 Å². The largest absolute Gasteiger partial charge is 0.619 e. The quantitative estimate of drug-likeness (QED) is 0.461. The molecule has 3 N–H and O–H groups in total. The molecule has 0 saturated carbocycles. The van der Waals surface area contributed by atoms with E-state index in [1.165, 1.54) is 12.4 Å². The van der Waals surface area contributed by atoms with Crippen LogP contribution in [0.5, 0.6) is 0 Å². The van der Waals surface area contributed by atoms with E-state index < -0.39 is 5.92 Å². The number of hydrogen-bond donors (Lipinski definition) is 2. The molecule has 0 aromatic carbocycles.